The molecular formula is C16H22FNO. The molecule has 0 radical (unpaired) electrons. The van der Waals surface area contributed by atoms with Crippen molar-refractivity contribution >= 4 is 12.0 Å². The average molecular weight is 263 g/mol. The van der Waals surface area contributed by atoms with Crippen LogP contribution in [0.4, 0.5) is 10.1 Å². The second-order valence-electron chi connectivity index (χ2n) is 5.53. The lowest BCUT2D eigenvalue weighted by molar-refractivity contribution is -0.117. The Balaban J connectivity index is 2.13. The number of rotatable bonds is 5. The molecule has 0 atom stereocenters. The van der Waals surface area contributed by atoms with Crippen molar-refractivity contribution in [2.24, 2.45) is 5.41 Å². The molecule has 1 aliphatic carbocycles. The minimum Gasteiger partial charge on any atom is -0.371 e. The van der Waals surface area contributed by atoms with E-state index in [1.165, 1.54) is 18.6 Å². The van der Waals surface area contributed by atoms with Crippen molar-refractivity contribution in [3.63, 3.8) is 0 Å². The van der Waals surface area contributed by atoms with E-state index in [0.29, 0.717) is 0 Å². The highest BCUT2D eigenvalue weighted by molar-refractivity contribution is 5.62. The maximum atomic E-state index is 13.0. The van der Waals surface area contributed by atoms with Crippen molar-refractivity contribution in [1.29, 1.82) is 0 Å². The Labute approximate surface area is 114 Å². The number of nitrogens with zero attached hydrogens (tertiary/aromatic N) is 1. The first-order valence-electron chi connectivity index (χ1n) is 7.16. The summed E-state index contributed by atoms with van der Waals surface area (Å²) in [6, 6.07) is 6.54. The Morgan fingerprint density at radius 2 is 1.84 bits per heavy atom. The molecule has 2 nitrogen and oxygen atoms in total. The van der Waals surface area contributed by atoms with Crippen LogP contribution in [-0.4, -0.2) is 19.4 Å². The third-order valence-electron chi connectivity index (χ3n) is 4.18. The summed E-state index contributed by atoms with van der Waals surface area (Å²) in [4.78, 5) is 13.7. The Morgan fingerprint density at radius 1 is 1.21 bits per heavy atom. The number of hydrogen-bond acceptors (Lipinski definition) is 2. The molecule has 3 heteroatoms. The molecule has 19 heavy (non-hydrogen) atoms. The van der Waals surface area contributed by atoms with Crippen molar-refractivity contribution in [2.45, 2.75) is 39.0 Å². The number of halogens is 1. The number of carbonyl (C=O) groups excluding carboxylic acids is 1. The SMILES string of the molecule is CCN(CC1(C=O)CCCCC1)c1ccc(F)cc1. The fraction of sp³-hybridized carbons (Fsp3) is 0.562. The molecule has 1 saturated carbocycles. The lowest BCUT2D eigenvalue weighted by Crippen LogP contribution is -2.40. The smallest absolute Gasteiger partial charge is 0.127 e. The van der Waals surface area contributed by atoms with Gasteiger partial charge in [0.15, 0.2) is 0 Å². The van der Waals surface area contributed by atoms with Crippen molar-refractivity contribution < 1.29 is 9.18 Å². The Morgan fingerprint density at radius 3 is 2.37 bits per heavy atom. The van der Waals surface area contributed by atoms with Gasteiger partial charge in [-0.3, -0.25) is 0 Å². The Kier molecular flexibility index (Phi) is 4.56. The predicted molar refractivity (Wildman–Crippen MR) is 75.9 cm³/mol. The monoisotopic (exact) mass is 263 g/mol. The normalized spacial score (nSPS) is 18.0. The van der Waals surface area contributed by atoms with E-state index < -0.39 is 0 Å². The van der Waals surface area contributed by atoms with Crippen LogP contribution in [0, 0.1) is 11.2 Å². The Hall–Kier alpha value is -1.38. The molecule has 104 valence electrons. The summed E-state index contributed by atoms with van der Waals surface area (Å²) in [5, 5.41) is 0. The molecule has 0 N–H and O–H groups in total. The summed E-state index contributed by atoms with van der Waals surface area (Å²) in [5.41, 5.74) is 0.790. The van der Waals surface area contributed by atoms with Gasteiger partial charge in [0, 0.05) is 24.2 Å². The summed E-state index contributed by atoms with van der Waals surface area (Å²) in [6.45, 7) is 3.66. The standard InChI is InChI=1S/C16H22FNO/c1-2-18(15-8-6-14(17)7-9-15)12-16(13-19)10-4-3-5-11-16/h6-9,13H,2-5,10-12H2,1H3. The van der Waals surface area contributed by atoms with Gasteiger partial charge in [-0.2, -0.15) is 0 Å². The molecule has 0 spiro atoms. The van der Waals surface area contributed by atoms with Gasteiger partial charge in [-0.05, 0) is 44.0 Å². The lowest BCUT2D eigenvalue weighted by Gasteiger charge is -2.37. The van der Waals surface area contributed by atoms with Crippen LogP contribution in [0.1, 0.15) is 39.0 Å². The van der Waals surface area contributed by atoms with Gasteiger partial charge in [-0.15, -0.1) is 0 Å². The number of benzene rings is 1. The van der Waals surface area contributed by atoms with Crippen LogP contribution in [0.2, 0.25) is 0 Å². The van der Waals surface area contributed by atoms with Gasteiger partial charge in [-0.25, -0.2) is 4.39 Å². The van der Waals surface area contributed by atoms with Crippen molar-refractivity contribution in [1.82, 2.24) is 0 Å². The molecule has 0 heterocycles. The first kappa shape index (κ1) is 14.0. The van der Waals surface area contributed by atoms with Crippen LogP contribution in [0.15, 0.2) is 24.3 Å². The number of hydrogen-bond donors (Lipinski definition) is 0. The molecule has 0 aliphatic heterocycles. The van der Waals surface area contributed by atoms with E-state index in [1.54, 1.807) is 12.1 Å². The topological polar surface area (TPSA) is 20.3 Å². The van der Waals surface area contributed by atoms with Crippen molar-refractivity contribution in [3.05, 3.63) is 30.1 Å². The van der Waals surface area contributed by atoms with E-state index in [-0.39, 0.29) is 11.2 Å². The van der Waals surface area contributed by atoms with E-state index in [1.807, 2.05) is 0 Å². The van der Waals surface area contributed by atoms with Crippen LogP contribution in [0.25, 0.3) is 0 Å². The summed E-state index contributed by atoms with van der Waals surface area (Å²) in [7, 11) is 0. The molecule has 1 aliphatic rings. The highest BCUT2D eigenvalue weighted by Gasteiger charge is 2.33. The molecule has 0 unspecified atom stereocenters. The van der Waals surface area contributed by atoms with Crippen LogP contribution < -0.4 is 4.90 Å². The molecule has 1 aromatic carbocycles. The van der Waals surface area contributed by atoms with Crippen LogP contribution in [0.5, 0.6) is 0 Å². The highest BCUT2D eigenvalue weighted by atomic mass is 19.1. The van der Waals surface area contributed by atoms with E-state index in [4.69, 9.17) is 0 Å². The van der Waals surface area contributed by atoms with Gasteiger partial charge in [-0.1, -0.05) is 19.3 Å². The third-order valence-corrected chi connectivity index (χ3v) is 4.18. The number of carbonyl (C=O) groups is 1. The zero-order valence-electron chi connectivity index (χ0n) is 11.6. The summed E-state index contributed by atoms with van der Waals surface area (Å²) in [6.07, 6.45) is 6.62. The van der Waals surface area contributed by atoms with E-state index in [2.05, 4.69) is 11.8 Å². The molecular weight excluding hydrogens is 241 g/mol. The molecule has 2 rings (SSSR count). The van der Waals surface area contributed by atoms with E-state index >= 15 is 0 Å². The van der Waals surface area contributed by atoms with E-state index in [0.717, 1.165) is 50.7 Å². The molecule has 0 bridgehead atoms. The maximum Gasteiger partial charge on any atom is 0.127 e. The van der Waals surface area contributed by atoms with Gasteiger partial charge >= 0.3 is 0 Å². The second kappa shape index (κ2) is 6.18. The van der Waals surface area contributed by atoms with Crippen LogP contribution in [-0.2, 0) is 4.79 Å². The van der Waals surface area contributed by atoms with E-state index in [9.17, 15) is 9.18 Å². The summed E-state index contributed by atoms with van der Waals surface area (Å²) in [5.74, 6) is -0.220. The van der Waals surface area contributed by atoms with Gasteiger partial charge in [0.25, 0.3) is 0 Å². The molecule has 0 aromatic heterocycles. The van der Waals surface area contributed by atoms with Crippen molar-refractivity contribution in [2.75, 3.05) is 18.0 Å². The maximum absolute atomic E-state index is 13.0. The molecule has 1 fully saturated rings. The van der Waals surface area contributed by atoms with Gasteiger partial charge in [0.2, 0.25) is 0 Å². The van der Waals surface area contributed by atoms with Gasteiger partial charge < -0.3 is 9.69 Å². The molecule has 0 saturated heterocycles. The first-order valence-corrected chi connectivity index (χ1v) is 7.16. The molecule has 0 amide bonds. The summed E-state index contributed by atoms with van der Waals surface area (Å²) < 4.78 is 13.0. The quantitative estimate of drug-likeness (QED) is 0.753. The number of aldehydes is 1. The minimum absolute atomic E-state index is 0.206. The zero-order valence-corrected chi connectivity index (χ0v) is 11.6. The zero-order chi connectivity index (χ0) is 13.7. The first-order chi connectivity index (χ1) is 9.19. The van der Waals surface area contributed by atoms with Crippen LogP contribution >= 0.6 is 0 Å². The van der Waals surface area contributed by atoms with Gasteiger partial charge in [0.05, 0.1) is 0 Å². The average Bonchev–Trinajstić information content (AvgIpc) is 2.47. The highest BCUT2D eigenvalue weighted by Crippen LogP contribution is 2.36. The second-order valence-corrected chi connectivity index (χ2v) is 5.53. The fourth-order valence-corrected chi connectivity index (χ4v) is 2.99. The molecule has 1 aromatic rings. The largest absolute Gasteiger partial charge is 0.371 e. The lowest BCUT2D eigenvalue weighted by atomic mass is 9.75. The van der Waals surface area contributed by atoms with Crippen LogP contribution in [0.3, 0.4) is 0 Å². The Bertz CT molecular complexity index is 409. The summed E-state index contributed by atoms with van der Waals surface area (Å²) >= 11 is 0. The minimum atomic E-state index is -0.220. The van der Waals surface area contributed by atoms with Gasteiger partial charge in [0.1, 0.15) is 12.1 Å². The predicted octanol–water partition coefficient (Wildman–Crippen LogP) is 3.80. The van der Waals surface area contributed by atoms with Crippen molar-refractivity contribution in [3.8, 4) is 0 Å². The third kappa shape index (κ3) is 3.34. The number of anilines is 1. The fourth-order valence-electron chi connectivity index (χ4n) is 2.99.